The third kappa shape index (κ3) is 2.82. The van der Waals surface area contributed by atoms with Crippen LogP contribution in [0.3, 0.4) is 0 Å². The molecule has 0 bridgehead atoms. The molecule has 1 fully saturated rings. The number of aliphatic carboxylic acids is 1. The fourth-order valence-electron chi connectivity index (χ4n) is 2.42. The second kappa shape index (κ2) is 5.62. The summed E-state index contributed by atoms with van der Waals surface area (Å²) in [6.45, 7) is 4.27. The van der Waals surface area contributed by atoms with Crippen molar-refractivity contribution in [2.45, 2.75) is 26.4 Å². The second-order valence-corrected chi connectivity index (χ2v) is 5.14. The first-order valence-electron chi connectivity index (χ1n) is 6.47. The Morgan fingerprint density at radius 2 is 2.20 bits per heavy atom. The molecule has 1 aromatic rings. The molecule has 20 heavy (non-hydrogen) atoms. The van der Waals surface area contributed by atoms with Crippen LogP contribution in [0.2, 0.25) is 0 Å². The number of ether oxygens (including phenoxy) is 1. The van der Waals surface area contributed by atoms with Crippen molar-refractivity contribution in [3.63, 3.8) is 0 Å². The van der Waals surface area contributed by atoms with E-state index in [1.165, 1.54) is 4.90 Å². The number of likely N-dealkylation sites (N-methyl/N-ethyl adjacent to an activating group) is 1. The van der Waals surface area contributed by atoms with E-state index in [1.807, 2.05) is 19.9 Å². The molecule has 0 radical (unpaired) electrons. The Balaban J connectivity index is 2.05. The number of hydrogen-bond acceptors (Lipinski definition) is 4. The number of aromatic nitrogens is 2. The molecule has 7 heteroatoms. The Bertz CT molecular complexity index is 526. The highest BCUT2D eigenvalue weighted by atomic mass is 16.5. The molecule has 2 unspecified atom stereocenters. The van der Waals surface area contributed by atoms with Gasteiger partial charge in [0.05, 0.1) is 24.9 Å². The average molecular weight is 281 g/mol. The van der Waals surface area contributed by atoms with Gasteiger partial charge in [-0.15, -0.1) is 0 Å². The minimum Gasteiger partial charge on any atom is -0.481 e. The standard InChI is InChI=1S/C13H19N3O4/c1-8-4-9(2)16(14-8)5-12(17)15(3)11-7-20-6-10(11)13(18)19/h4,10-11H,5-7H2,1-3H3,(H,18,19). The SMILES string of the molecule is Cc1cc(C)n(CC(=O)N(C)C2COCC2C(=O)O)n1. The highest BCUT2D eigenvalue weighted by molar-refractivity contribution is 5.78. The summed E-state index contributed by atoms with van der Waals surface area (Å²) in [4.78, 5) is 24.8. The summed E-state index contributed by atoms with van der Waals surface area (Å²) in [6, 6.07) is 1.48. The average Bonchev–Trinajstić information content (AvgIpc) is 2.95. The van der Waals surface area contributed by atoms with Gasteiger partial charge in [-0.25, -0.2) is 0 Å². The number of hydrogen-bond donors (Lipinski definition) is 1. The first-order chi connectivity index (χ1) is 9.40. The Morgan fingerprint density at radius 1 is 1.50 bits per heavy atom. The maximum Gasteiger partial charge on any atom is 0.311 e. The molecule has 0 saturated carbocycles. The number of carbonyl (C=O) groups excluding carboxylic acids is 1. The van der Waals surface area contributed by atoms with Crippen LogP contribution in [0.15, 0.2) is 6.07 Å². The largest absolute Gasteiger partial charge is 0.481 e. The number of nitrogens with zero attached hydrogens (tertiary/aromatic N) is 3. The smallest absolute Gasteiger partial charge is 0.311 e. The molecule has 7 nitrogen and oxygen atoms in total. The number of carboxylic acids is 1. The monoisotopic (exact) mass is 281 g/mol. The third-order valence-corrected chi connectivity index (χ3v) is 3.65. The third-order valence-electron chi connectivity index (χ3n) is 3.65. The van der Waals surface area contributed by atoms with Crippen LogP contribution in [0.5, 0.6) is 0 Å². The molecule has 2 heterocycles. The van der Waals surface area contributed by atoms with E-state index in [0.717, 1.165) is 11.4 Å². The molecule has 1 amide bonds. The van der Waals surface area contributed by atoms with Crippen LogP contribution in [-0.2, 0) is 20.9 Å². The van der Waals surface area contributed by atoms with Crippen LogP contribution in [0.1, 0.15) is 11.4 Å². The maximum atomic E-state index is 12.2. The van der Waals surface area contributed by atoms with Gasteiger partial charge in [0, 0.05) is 12.7 Å². The van der Waals surface area contributed by atoms with Crippen LogP contribution >= 0.6 is 0 Å². The highest BCUT2D eigenvalue weighted by Crippen LogP contribution is 2.19. The van der Waals surface area contributed by atoms with Gasteiger partial charge >= 0.3 is 5.97 Å². The summed E-state index contributed by atoms with van der Waals surface area (Å²) in [7, 11) is 1.61. The molecule has 110 valence electrons. The van der Waals surface area contributed by atoms with Gasteiger partial charge in [-0.05, 0) is 19.9 Å². The van der Waals surface area contributed by atoms with Crippen molar-refractivity contribution in [1.29, 1.82) is 0 Å². The molecule has 2 rings (SSSR count). The van der Waals surface area contributed by atoms with Gasteiger partial charge in [-0.1, -0.05) is 0 Å². The molecule has 1 aliphatic rings. The van der Waals surface area contributed by atoms with Crippen molar-refractivity contribution >= 4 is 11.9 Å². The van der Waals surface area contributed by atoms with Gasteiger partial charge in [-0.3, -0.25) is 14.3 Å². The van der Waals surface area contributed by atoms with Crippen molar-refractivity contribution in [1.82, 2.24) is 14.7 Å². The van der Waals surface area contributed by atoms with Crippen LogP contribution < -0.4 is 0 Å². The minimum atomic E-state index is -0.932. The van der Waals surface area contributed by atoms with Gasteiger partial charge in [-0.2, -0.15) is 5.10 Å². The van der Waals surface area contributed by atoms with Crippen LogP contribution in [0.4, 0.5) is 0 Å². The molecule has 2 atom stereocenters. The molecule has 0 spiro atoms. The summed E-state index contributed by atoms with van der Waals surface area (Å²) < 4.78 is 6.81. The number of aryl methyl sites for hydroxylation is 2. The normalized spacial score (nSPS) is 21.9. The van der Waals surface area contributed by atoms with E-state index in [1.54, 1.807) is 11.7 Å². The molecular weight excluding hydrogens is 262 g/mol. The predicted octanol–water partition coefficient (Wildman–Crippen LogP) is 0.0579. The van der Waals surface area contributed by atoms with Gasteiger partial charge in [0.2, 0.25) is 5.91 Å². The fraction of sp³-hybridized carbons (Fsp3) is 0.615. The lowest BCUT2D eigenvalue weighted by Crippen LogP contribution is -2.45. The summed E-state index contributed by atoms with van der Waals surface area (Å²) in [5.74, 6) is -1.76. The van der Waals surface area contributed by atoms with Gasteiger partial charge in [0.1, 0.15) is 12.5 Å². The van der Waals surface area contributed by atoms with E-state index in [-0.39, 0.29) is 25.7 Å². The van der Waals surface area contributed by atoms with E-state index < -0.39 is 17.9 Å². The zero-order valence-corrected chi connectivity index (χ0v) is 11.9. The van der Waals surface area contributed by atoms with Crippen molar-refractivity contribution in [2.75, 3.05) is 20.3 Å². The predicted molar refractivity (Wildman–Crippen MR) is 70.2 cm³/mol. The Labute approximate surface area is 117 Å². The zero-order chi connectivity index (χ0) is 14.9. The lowest BCUT2D eigenvalue weighted by atomic mass is 10.0. The molecule has 1 aliphatic heterocycles. The Kier molecular flexibility index (Phi) is 4.08. The van der Waals surface area contributed by atoms with Crippen LogP contribution in [0.25, 0.3) is 0 Å². The number of carbonyl (C=O) groups is 2. The van der Waals surface area contributed by atoms with Crippen molar-refractivity contribution in [3.8, 4) is 0 Å². The number of carboxylic acid groups (broad SMARTS) is 1. The van der Waals surface area contributed by atoms with Gasteiger partial charge in [0.25, 0.3) is 0 Å². The summed E-state index contributed by atoms with van der Waals surface area (Å²) in [6.07, 6.45) is 0. The number of amides is 1. The van der Waals surface area contributed by atoms with Gasteiger partial charge in [0.15, 0.2) is 0 Å². The number of rotatable bonds is 4. The Hall–Kier alpha value is -1.89. The van der Waals surface area contributed by atoms with Gasteiger partial charge < -0.3 is 14.7 Å². The zero-order valence-electron chi connectivity index (χ0n) is 11.9. The van der Waals surface area contributed by atoms with E-state index in [2.05, 4.69) is 5.10 Å². The van der Waals surface area contributed by atoms with Crippen molar-refractivity contribution in [2.24, 2.45) is 5.92 Å². The summed E-state index contributed by atoms with van der Waals surface area (Å²) >= 11 is 0. The van der Waals surface area contributed by atoms with E-state index >= 15 is 0 Å². The van der Waals surface area contributed by atoms with E-state index in [9.17, 15) is 9.59 Å². The summed E-state index contributed by atoms with van der Waals surface area (Å²) in [5.41, 5.74) is 1.76. The topological polar surface area (TPSA) is 84.7 Å². The second-order valence-electron chi connectivity index (χ2n) is 5.14. The minimum absolute atomic E-state index is 0.110. The van der Waals surface area contributed by atoms with E-state index in [0.29, 0.717) is 0 Å². The lowest BCUT2D eigenvalue weighted by Gasteiger charge is -2.26. The highest BCUT2D eigenvalue weighted by Gasteiger charge is 2.38. The van der Waals surface area contributed by atoms with Crippen molar-refractivity contribution in [3.05, 3.63) is 17.5 Å². The maximum absolute atomic E-state index is 12.2. The summed E-state index contributed by atoms with van der Waals surface area (Å²) in [5, 5.41) is 13.4. The molecule has 0 aliphatic carbocycles. The fourth-order valence-corrected chi connectivity index (χ4v) is 2.42. The lowest BCUT2D eigenvalue weighted by molar-refractivity contribution is -0.144. The first kappa shape index (κ1) is 14.5. The van der Waals surface area contributed by atoms with E-state index in [4.69, 9.17) is 9.84 Å². The molecule has 1 saturated heterocycles. The molecular formula is C13H19N3O4. The molecule has 1 aromatic heterocycles. The van der Waals surface area contributed by atoms with Crippen LogP contribution in [0, 0.1) is 19.8 Å². The first-order valence-corrected chi connectivity index (χ1v) is 6.47. The Morgan fingerprint density at radius 3 is 2.75 bits per heavy atom. The van der Waals surface area contributed by atoms with Crippen molar-refractivity contribution < 1.29 is 19.4 Å². The molecule has 0 aromatic carbocycles. The molecule has 1 N–H and O–H groups in total. The van der Waals surface area contributed by atoms with Crippen LogP contribution in [-0.4, -0.2) is 58.0 Å². The quantitative estimate of drug-likeness (QED) is 0.843.